The van der Waals surface area contributed by atoms with Gasteiger partial charge in [-0.15, -0.1) is 11.3 Å². The highest BCUT2D eigenvalue weighted by atomic mass is 127. The number of nitrogens with one attached hydrogen (secondary N) is 2. The summed E-state index contributed by atoms with van der Waals surface area (Å²) in [5, 5.41) is 6.67. The molecule has 5 nitrogen and oxygen atoms in total. The molecule has 2 heterocycles. The zero-order valence-corrected chi connectivity index (χ0v) is 16.9. The van der Waals surface area contributed by atoms with Crippen LogP contribution in [0.5, 0.6) is 0 Å². The molecular formula is C15H12ClF3IN3O2S. The van der Waals surface area contributed by atoms with Gasteiger partial charge in [0.25, 0.3) is 5.91 Å². The van der Waals surface area contributed by atoms with E-state index in [-0.39, 0.29) is 23.2 Å². The Balaban J connectivity index is 2.21. The molecule has 2 rings (SSSR count). The Bertz CT molecular complexity index is 829. The van der Waals surface area contributed by atoms with Gasteiger partial charge in [0.05, 0.1) is 22.3 Å². The topological polar surface area (TPSA) is 71.1 Å². The second-order valence-corrected chi connectivity index (χ2v) is 7.64. The SMILES string of the molecule is CC(=O)NC(CNC(=O)c1sccc1I)c1ncc(C(F)(F)F)cc1Cl. The summed E-state index contributed by atoms with van der Waals surface area (Å²) in [6.07, 6.45) is -3.94. The Morgan fingerprint density at radius 3 is 2.62 bits per heavy atom. The number of rotatable bonds is 5. The van der Waals surface area contributed by atoms with E-state index < -0.39 is 23.7 Å². The lowest BCUT2D eigenvalue weighted by atomic mass is 10.1. The van der Waals surface area contributed by atoms with Crippen molar-refractivity contribution in [3.8, 4) is 0 Å². The van der Waals surface area contributed by atoms with E-state index >= 15 is 0 Å². The molecule has 0 fully saturated rings. The molecule has 11 heteroatoms. The quantitative estimate of drug-likeness (QED) is 0.589. The van der Waals surface area contributed by atoms with Gasteiger partial charge in [0, 0.05) is 23.2 Å². The van der Waals surface area contributed by atoms with E-state index in [0.29, 0.717) is 11.1 Å². The standard InChI is InChI=1S/C15H12ClF3IN3O2S/c1-7(24)23-11(6-22-14(25)13-10(20)2-3-26-13)12-9(16)4-8(5-21-12)15(17,18)19/h2-5,11H,6H2,1H3,(H,22,25)(H,23,24). The van der Waals surface area contributed by atoms with Crippen LogP contribution in [-0.4, -0.2) is 23.3 Å². The van der Waals surface area contributed by atoms with Crippen molar-refractivity contribution in [1.29, 1.82) is 0 Å². The summed E-state index contributed by atoms with van der Waals surface area (Å²) >= 11 is 9.20. The molecule has 26 heavy (non-hydrogen) atoms. The third-order valence-corrected chi connectivity index (χ3v) is 5.68. The molecule has 1 atom stereocenters. The number of hydrogen-bond acceptors (Lipinski definition) is 4. The predicted molar refractivity (Wildman–Crippen MR) is 100 cm³/mol. The number of hydrogen-bond donors (Lipinski definition) is 2. The number of amides is 2. The van der Waals surface area contributed by atoms with Crippen molar-refractivity contribution in [3.05, 3.63) is 48.4 Å². The Morgan fingerprint density at radius 2 is 2.12 bits per heavy atom. The first-order valence-electron chi connectivity index (χ1n) is 7.10. The van der Waals surface area contributed by atoms with Crippen molar-refractivity contribution < 1.29 is 22.8 Å². The first-order valence-corrected chi connectivity index (χ1v) is 9.44. The minimum atomic E-state index is -4.58. The molecule has 2 aromatic heterocycles. The lowest BCUT2D eigenvalue weighted by Gasteiger charge is -2.20. The van der Waals surface area contributed by atoms with Crippen molar-refractivity contribution in [2.45, 2.75) is 19.1 Å². The van der Waals surface area contributed by atoms with E-state index in [1.54, 1.807) is 11.4 Å². The lowest BCUT2D eigenvalue weighted by Crippen LogP contribution is -2.37. The van der Waals surface area contributed by atoms with E-state index in [1.807, 2.05) is 22.6 Å². The smallest absolute Gasteiger partial charge is 0.349 e. The van der Waals surface area contributed by atoms with Crippen molar-refractivity contribution >= 4 is 57.3 Å². The molecule has 0 spiro atoms. The second-order valence-electron chi connectivity index (χ2n) is 5.15. The third-order valence-electron chi connectivity index (χ3n) is 3.19. The fourth-order valence-corrected chi connectivity index (χ4v) is 4.10. The maximum atomic E-state index is 12.7. The van der Waals surface area contributed by atoms with Gasteiger partial charge in [-0.3, -0.25) is 14.6 Å². The maximum Gasteiger partial charge on any atom is 0.417 e. The van der Waals surface area contributed by atoms with Crippen LogP contribution in [-0.2, 0) is 11.0 Å². The number of pyridine rings is 1. The number of nitrogens with zero attached hydrogens (tertiary/aromatic N) is 1. The average molecular weight is 518 g/mol. The van der Waals surface area contributed by atoms with Gasteiger partial charge in [0.15, 0.2) is 0 Å². The molecule has 0 saturated heterocycles. The normalized spacial score (nSPS) is 12.5. The Hall–Kier alpha value is -1.40. The molecule has 1 unspecified atom stereocenters. The molecule has 0 aliphatic rings. The van der Waals surface area contributed by atoms with Crippen LogP contribution < -0.4 is 10.6 Å². The summed E-state index contributed by atoms with van der Waals surface area (Å²) in [4.78, 5) is 27.9. The molecule has 2 amide bonds. The number of carbonyl (C=O) groups is 2. The number of aromatic nitrogens is 1. The molecular weight excluding hydrogens is 506 g/mol. The van der Waals surface area contributed by atoms with Crippen molar-refractivity contribution in [2.24, 2.45) is 0 Å². The van der Waals surface area contributed by atoms with Crippen LogP contribution in [0.2, 0.25) is 5.02 Å². The van der Waals surface area contributed by atoms with Crippen LogP contribution in [0.15, 0.2) is 23.7 Å². The van der Waals surface area contributed by atoms with Gasteiger partial charge < -0.3 is 10.6 Å². The van der Waals surface area contributed by atoms with Crippen LogP contribution in [0.4, 0.5) is 13.2 Å². The average Bonchev–Trinajstić information content (AvgIpc) is 2.96. The minimum absolute atomic E-state index is 0.0380. The van der Waals surface area contributed by atoms with Gasteiger partial charge in [-0.25, -0.2) is 0 Å². The predicted octanol–water partition coefficient (Wildman–Crippen LogP) is 4.03. The Morgan fingerprint density at radius 1 is 1.42 bits per heavy atom. The number of alkyl halides is 3. The van der Waals surface area contributed by atoms with Gasteiger partial charge >= 0.3 is 6.18 Å². The number of carbonyl (C=O) groups excluding carboxylic acids is 2. The molecule has 0 aromatic carbocycles. The van der Waals surface area contributed by atoms with Crippen molar-refractivity contribution in [1.82, 2.24) is 15.6 Å². The lowest BCUT2D eigenvalue weighted by molar-refractivity contribution is -0.137. The summed E-state index contributed by atoms with van der Waals surface area (Å²) in [5.41, 5.74) is -0.957. The van der Waals surface area contributed by atoms with Crippen LogP contribution >= 0.6 is 45.5 Å². The largest absolute Gasteiger partial charge is 0.417 e. The maximum absolute atomic E-state index is 12.7. The number of halogens is 5. The highest BCUT2D eigenvalue weighted by Gasteiger charge is 2.32. The summed E-state index contributed by atoms with van der Waals surface area (Å²) in [5.74, 6) is -0.796. The van der Waals surface area contributed by atoms with E-state index in [4.69, 9.17) is 11.6 Å². The Labute approximate surface area is 169 Å². The first kappa shape index (κ1) is 20.9. The molecule has 0 bridgehead atoms. The van der Waals surface area contributed by atoms with Crippen LogP contribution in [0.1, 0.15) is 33.9 Å². The van der Waals surface area contributed by atoms with Gasteiger partial charge in [0.1, 0.15) is 4.88 Å². The monoisotopic (exact) mass is 517 g/mol. The van der Waals surface area contributed by atoms with E-state index in [2.05, 4.69) is 15.6 Å². The fourth-order valence-electron chi connectivity index (χ4n) is 2.05. The third kappa shape index (κ3) is 5.30. The van der Waals surface area contributed by atoms with Gasteiger partial charge in [-0.1, -0.05) is 11.6 Å². The molecule has 0 radical (unpaired) electrons. The van der Waals surface area contributed by atoms with Crippen LogP contribution in [0.25, 0.3) is 0 Å². The van der Waals surface area contributed by atoms with E-state index in [1.165, 1.54) is 18.3 Å². The first-order chi connectivity index (χ1) is 12.1. The number of thiophene rings is 1. The highest BCUT2D eigenvalue weighted by Crippen LogP contribution is 2.32. The molecule has 2 aromatic rings. The molecule has 140 valence electrons. The van der Waals surface area contributed by atoms with Gasteiger partial charge in [-0.05, 0) is 40.1 Å². The zero-order valence-electron chi connectivity index (χ0n) is 13.2. The second kappa shape index (κ2) is 8.53. The molecule has 2 N–H and O–H groups in total. The zero-order chi connectivity index (χ0) is 19.5. The van der Waals surface area contributed by atoms with Crippen molar-refractivity contribution in [2.75, 3.05) is 6.54 Å². The fraction of sp³-hybridized carbons (Fsp3) is 0.267. The molecule has 0 aliphatic heterocycles. The summed E-state index contributed by atoms with van der Waals surface area (Å²) in [6, 6.07) is 1.64. The molecule has 0 aliphatic carbocycles. The van der Waals surface area contributed by atoms with Gasteiger partial charge in [-0.2, -0.15) is 13.2 Å². The summed E-state index contributed by atoms with van der Waals surface area (Å²) in [6.45, 7) is 1.17. The van der Waals surface area contributed by atoms with E-state index in [0.717, 1.165) is 9.64 Å². The molecule has 0 saturated carbocycles. The minimum Gasteiger partial charge on any atom is -0.349 e. The summed E-state index contributed by atoms with van der Waals surface area (Å²) in [7, 11) is 0. The van der Waals surface area contributed by atoms with E-state index in [9.17, 15) is 22.8 Å². The highest BCUT2D eigenvalue weighted by molar-refractivity contribution is 14.1. The van der Waals surface area contributed by atoms with Crippen LogP contribution in [0, 0.1) is 3.57 Å². The van der Waals surface area contributed by atoms with Gasteiger partial charge in [0.2, 0.25) is 5.91 Å². The Kier molecular flexibility index (Phi) is 6.86. The summed E-state index contributed by atoms with van der Waals surface area (Å²) < 4.78 is 39.0. The van der Waals surface area contributed by atoms with Crippen LogP contribution in [0.3, 0.4) is 0 Å². The van der Waals surface area contributed by atoms with Crippen molar-refractivity contribution in [3.63, 3.8) is 0 Å².